The minimum atomic E-state index is -0.128. The first kappa shape index (κ1) is 9.64. The van der Waals surface area contributed by atoms with Crippen molar-refractivity contribution in [2.75, 3.05) is 0 Å². The molecule has 0 saturated carbocycles. The van der Waals surface area contributed by atoms with Crippen LogP contribution in [0.5, 0.6) is 0 Å². The maximum absolute atomic E-state index is 11.7. The first-order valence-electron chi connectivity index (χ1n) is 4.77. The molecular formula is C10H12N4O. The molecule has 5 heteroatoms. The number of aromatic amines is 1. The van der Waals surface area contributed by atoms with Gasteiger partial charge in [-0.05, 0) is 13.8 Å². The third-order valence-electron chi connectivity index (χ3n) is 1.97. The Bertz CT molecular complexity index is 489. The van der Waals surface area contributed by atoms with Gasteiger partial charge in [-0.2, -0.15) is 0 Å². The maximum atomic E-state index is 11.7. The van der Waals surface area contributed by atoms with E-state index >= 15 is 0 Å². The number of amides is 1. The van der Waals surface area contributed by atoms with E-state index < -0.39 is 0 Å². The van der Waals surface area contributed by atoms with Gasteiger partial charge < -0.3 is 10.3 Å². The SMILES string of the molecule is CC(C)NC(=O)c1c[nH]c2nccnc12. The summed E-state index contributed by atoms with van der Waals surface area (Å²) < 4.78 is 0. The smallest absolute Gasteiger partial charge is 0.255 e. The lowest BCUT2D eigenvalue weighted by Crippen LogP contribution is -2.29. The van der Waals surface area contributed by atoms with Crippen LogP contribution in [0.2, 0.25) is 0 Å². The van der Waals surface area contributed by atoms with Crippen LogP contribution >= 0.6 is 0 Å². The zero-order valence-corrected chi connectivity index (χ0v) is 8.61. The highest BCUT2D eigenvalue weighted by molar-refractivity contribution is 6.04. The normalized spacial score (nSPS) is 10.9. The Morgan fingerprint density at radius 2 is 2.13 bits per heavy atom. The predicted octanol–water partition coefficient (Wildman–Crippen LogP) is 1.10. The number of nitrogens with zero attached hydrogens (tertiary/aromatic N) is 2. The largest absolute Gasteiger partial charge is 0.350 e. The van der Waals surface area contributed by atoms with E-state index in [0.29, 0.717) is 16.7 Å². The maximum Gasteiger partial charge on any atom is 0.255 e. The van der Waals surface area contributed by atoms with Crippen LogP contribution in [0, 0.1) is 0 Å². The highest BCUT2D eigenvalue weighted by atomic mass is 16.1. The molecule has 0 fully saturated rings. The van der Waals surface area contributed by atoms with E-state index in [0.717, 1.165) is 0 Å². The van der Waals surface area contributed by atoms with Crippen molar-refractivity contribution < 1.29 is 4.79 Å². The van der Waals surface area contributed by atoms with E-state index in [9.17, 15) is 4.79 Å². The van der Waals surface area contributed by atoms with Crippen LogP contribution in [0.4, 0.5) is 0 Å². The Morgan fingerprint density at radius 1 is 1.40 bits per heavy atom. The molecular weight excluding hydrogens is 192 g/mol. The molecule has 0 saturated heterocycles. The number of rotatable bonds is 2. The quantitative estimate of drug-likeness (QED) is 0.769. The first-order chi connectivity index (χ1) is 7.18. The molecule has 0 spiro atoms. The van der Waals surface area contributed by atoms with Gasteiger partial charge in [-0.1, -0.05) is 0 Å². The van der Waals surface area contributed by atoms with Gasteiger partial charge in [0.2, 0.25) is 0 Å². The molecule has 0 aromatic carbocycles. The lowest BCUT2D eigenvalue weighted by Gasteiger charge is -2.06. The summed E-state index contributed by atoms with van der Waals surface area (Å²) in [6.07, 6.45) is 4.79. The van der Waals surface area contributed by atoms with Gasteiger partial charge >= 0.3 is 0 Å². The van der Waals surface area contributed by atoms with Crippen molar-refractivity contribution in [3.05, 3.63) is 24.2 Å². The van der Waals surface area contributed by atoms with Gasteiger partial charge in [-0.3, -0.25) is 9.78 Å². The minimum absolute atomic E-state index is 0.110. The Kier molecular flexibility index (Phi) is 2.37. The molecule has 0 radical (unpaired) electrons. The van der Waals surface area contributed by atoms with Crippen molar-refractivity contribution >= 4 is 17.1 Å². The molecule has 0 unspecified atom stereocenters. The van der Waals surface area contributed by atoms with Crippen molar-refractivity contribution in [2.45, 2.75) is 19.9 Å². The fourth-order valence-electron chi connectivity index (χ4n) is 1.36. The molecule has 0 aliphatic carbocycles. The van der Waals surface area contributed by atoms with E-state index in [-0.39, 0.29) is 11.9 Å². The molecule has 1 amide bonds. The lowest BCUT2D eigenvalue weighted by molar-refractivity contribution is 0.0944. The standard InChI is InChI=1S/C10H12N4O/c1-6(2)14-10(15)7-5-13-9-8(7)11-3-4-12-9/h3-6H,1-2H3,(H,12,13)(H,14,15). The molecule has 2 aromatic heterocycles. The van der Waals surface area contributed by atoms with Crippen LogP contribution in [-0.4, -0.2) is 26.9 Å². The number of nitrogens with one attached hydrogen (secondary N) is 2. The molecule has 2 rings (SSSR count). The third-order valence-corrected chi connectivity index (χ3v) is 1.97. The zero-order chi connectivity index (χ0) is 10.8. The van der Waals surface area contributed by atoms with Gasteiger partial charge in [0.05, 0.1) is 5.56 Å². The number of carbonyl (C=O) groups excluding carboxylic acids is 1. The van der Waals surface area contributed by atoms with Crippen molar-refractivity contribution in [1.82, 2.24) is 20.3 Å². The van der Waals surface area contributed by atoms with Gasteiger partial charge in [0.15, 0.2) is 5.65 Å². The minimum Gasteiger partial charge on any atom is -0.350 e. The van der Waals surface area contributed by atoms with Gasteiger partial charge in [-0.15, -0.1) is 0 Å². The highest BCUT2D eigenvalue weighted by Gasteiger charge is 2.13. The van der Waals surface area contributed by atoms with E-state index in [4.69, 9.17) is 0 Å². The van der Waals surface area contributed by atoms with Crippen molar-refractivity contribution in [2.24, 2.45) is 0 Å². The third kappa shape index (κ3) is 1.81. The Hall–Kier alpha value is -1.91. The van der Waals surface area contributed by atoms with Crippen LogP contribution < -0.4 is 5.32 Å². The molecule has 0 bridgehead atoms. The fraction of sp³-hybridized carbons (Fsp3) is 0.300. The van der Waals surface area contributed by atoms with E-state index in [2.05, 4.69) is 20.3 Å². The number of carbonyl (C=O) groups is 1. The molecule has 2 heterocycles. The number of hydrogen-bond donors (Lipinski definition) is 2. The molecule has 5 nitrogen and oxygen atoms in total. The molecule has 0 atom stereocenters. The molecule has 0 aliphatic rings. The summed E-state index contributed by atoms with van der Waals surface area (Å²) in [4.78, 5) is 22.8. The summed E-state index contributed by atoms with van der Waals surface area (Å²) in [6, 6.07) is 0.110. The average Bonchev–Trinajstić information content (AvgIpc) is 2.59. The summed E-state index contributed by atoms with van der Waals surface area (Å²) in [5, 5.41) is 2.81. The Morgan fingerprint density at radius 3 is 2.87 bits per heavy atom. The first-order valence-corrected chi connectivity index (χ1v) is 4.77. The van der Waals surface area contributed by atoms with Gasteiger partial charge in [0, 0.05) is 24.6 Å². The summed E-state index contributed by atoms with van der Waals surface area (Å²) in [5.41, 5.74) is 1.77. The topological polar surface area (TPSA) is 70.7 Å². The van der Waals surface area contributed by atoms with Crippen molar-refractivity contribution in [1.29, 1.82) is 0 Å². The highest BCUT2D eigenvalue weighted by Crippen LogP contribution is 2.12. The Labute approximate surface area is 86.9 Å². The van der Waals surface area contributed by atoms with E-state index in [1.54, 1.807) is 18.6 Å². The molecule has 15 heavy (non-hydrogen) atoms. The lowest BCUT2D eigenvalue weighted by atomic mass is 10.2. The molecule has 78 valence electrons. The van der Waals surface area contributed by atoms with Gasteiger partial charge in [0.25, 0.3) is 5.91 Å². The van der Waals surface area contributed by atoms with Crippen LogP contribution in [0.25, 0.3) is 11.2 Å². The monoisotopic (exact) mass is 204 g/mol. The van der Waals surface area contributed by atoms with Crippen LogP contribution in [0.15, 0.2) is 18.6 Å². The van der Waals surface area contributed by atoms with E-state index in [1.165, 1.54) is 0 Å². The fourth-order valence-corrected chi connectivity index (χ4v) is 1.36. The molecule has 2 aromatic rings. The predicted molar refractivity (Wildman–Crippen MR) is 56.5 cm³/mol. The second-order valence-electron chi connectivity index (χ2n) is 3.58. The van der Waals surface area contributed by atoms with E-state index in [1.807, 2.05) is 13.8 Å². The van der Waals surface area contributed by atoms with Crippen LogP contribution in [-0.2, 0) is 0 Å². The summed E-state index contributed by atoms with van der Waals surface area (Å²) >= 11 is 0. The van der Waals surface area contributed by atoms with Crippen LogP contribution in [0.3, 0.4) is 0 Å². The van der Waals surface area contributed by atoms with Crippen molar-refractivity contribution in [3.8, 4) is 0 Å². The van der Waals surface area contributed by atoms with Crippen molar-refractivity contribution in [3.63, 3.8) is 0 Å². The second kappa shape index (κ2) is 3.68. The second-order valence-corrected chi connectivity index (χ2v) is 3.58. The van der Waals surface area contributed by atoms with Gasteiger partial charge in [-0.25, -0.2) is 4.98 Å². The number of hydrogen-bond acceptors (Lipinski definition) is 3. The number of aromatic nitrogens is 3. The Balaban J connectivity index is 2.40. The summed E-state index contributed by atoms with van der Waals surface area (Å²) in [6.45, 7) is 3.83. The molecule has 0 aliphatic heterocycles. The van der Waals surface area contributed by atoms with Crippen LogP contribution in [0.1, 0.15) is 24.2 Å². The summed E-state index contributed by atoms with van der Waals surface area (Å²) in [7, 11) is 0. The number of H-pyrrole nitrogens is 1. The summed E-state index contributed by atoms with van der Waals surface area (Å²) in [5.74, 6) is -0.128. The zero-order valence-electron chi connectivity index (χ0n) is 8.61. The van der Waals surface area contributed by atoms with Gasteiger partial charge in [0.1, 0.15) is 5.52 Å². The molecule has 2 N–H and O–H groups in total. The number of fused-ring (bicyclic) bond motifs is 1. The average molecular weight is 204 g/mol.